The molecule has 0 aromatic heterocycles. The van der Waals surface area contributed by atoms with Gasteiger partial charge in [0.05, 0.1) is 18.7 Å². The van der Waals surface area contributed by atoms with E-state index in [0.717, 1.165) is 17.7 Å². The fourth-order valence-corrected chi connectivity index (χ4v) is 4.92. The van der Waals surface area contributed by atoms with Crippen molar-refractivity contribution in [2.45, 2.75) is 51.2 Å². The average molecular weight is 518 g/mol. The highest BCUT2D eigenvalue weighted by molar-refractivity contribution is 5.91. The van der Waals surface area contributed by atoms with Crippen molar-refractivity contribution in [2.75, 3.05) is 20.1 Å². The Morgan fingerprint density at radius 3 is 2.43 bits per heavy atom. The zero-order valence-electron chi connectivity index (χ0n) is 20.7. The van der Waals surface area contributed by atoms with Gasteiger partial charge in [0.2, 0.25) is 11.8 Å². The van der Waals surface area contributed by atoms with Crippen LogP contribution >= 0.6 is 0 Å². The molecule has 2 atom stereocenters. The first kappa shape index (κ1) is 26.5. The molecule has 2 heterocycles. The molecule has 11 heteroatoms. The van der Waals surface area contributed by atoms with Crippen LogP contribution in [0.25, 0.3) is 0 Å². The number of urea groups is 1. The normalized spacial score (nSPS) is 20.7. The van der Waals surface area contributed by atoms with Crippen LogP contribution in [0.4, 0.5) is 18.0 Å². The van der Waals surface area contributed by atoms with Gasteiger partial charge in [0.1, 0.15) is 12.2 Å². The van der Waals surface area contributed by atoms with E-state index < -0.39 is 30.0 Å². The van der Waals surface area contributed by atoms with E-state index in [0.29, 0.717) is 18.4 Å². The third-order valence-electron chi connectivity index (χ3n) is 6.62. The van der Waals surface area contributed by atoms with Crippen LogP contribution in [0, 0.1) is 0 Å². The van der Waals surface area contributed by atoms with Gasteiger partial charge >= 0.3 is 12.2 Å². The number of hydrogen-bond donors (Lipinski definition) is 1. The lowest BCUT2D eigenvalue weighted by molar-refractivity contribution is -0.188. The average Bonchev–Trinajstić information content (AvgIpc) is 2.85. The Morgan fingerprint density at radius 1 is 1.05 bits per heavy atom. The fourth-order valence-electron chi connectivity index (χ4n) is 4.92. The molecule has 198 valence electrons. The maximum absolute atomic E-state index is 13.4. The maximum Gasteiger partial charge on any atom is 0.416 e. The number of hydrogen-bond acceptors (Lipinski definition) is 4. The molecule has 0 saturated carbocycles. The van der Waals surface area contributed by atoms with E-state index in [1.54, 1.807) is 7.05 Å². The highest BCUT2D eigenvalue weighted by Crippen LogP contribution is 2.31. The summed E-state index contributed by atoms with van der Waals surface area (Å²) in [5, 5.41) is 5.82. The second-order valence-electron chi connectivity index (χ2n) is 9.31. The van der Waals surface area contributed by atoms with E-state index in [-0.39, 0.29) is 38.0 Å². The molecule has 1 N–H and O–H groups in total. The summed E-state index contributed by atoms with van der Waals surface area (Å²) in [6.45, 7) is 2.00. The van der Waals surface area contributed by atoms with Crippen LogP contribution in [0.2, 0.25) is 0 Å². The van der Waals surface area contributed by atoms with E-state index in [4.69, 9.17) is 0 Å². The number of likely N-dealkylation sites (N-methyl/N-ethyl adjacent to an activating group) is 1. The molecule has 2 aliphatic rings. The number of benzene rings is 2. The number of piperazine rings is 1. The monoisotopic (exact) mass is 517 g/mol. The SMILES string of the molecule is CCC[C@H]1C(=O)N(Cc2cccc(C(F)(F)F)c2)C[C@H]2N1C(=O)CN(C)N2C(=O)NCc1ccccc1. The van der Waals surface area contributed by atoms with E-state index in [1.165, 1.54) is 32.0 Å². The Morgan fingerprint density at radius 2 is 1.76 bits per heavy atom. The Labute approximate surface area is 213 Å². The predicted octanol–water partition coefficient (Wildman–Crippen LogP) is 3.44. The van der Waals surface area contributed by atoms with Crippen LogP contribution in [-0.4, -0.2) is 70.0 Å². The van der Waals surface area contributed by atoms with Crippen LogP contribution in [0.15, 0.2) is 54.6 Å². The molecule has 2 aromatic carbocycles. The number of nitrogens with one attached hydrogen (secondary N) is 1. The van der Waals surface area contributed by atoms with Crippen molar-refractivity contribution in [3.63, 3.8) is 0 Å². The summed E-state index contributed by atoms with van der Waals surface area (Å²) in [5.41, 5.74) is 0.426. The minimum atomic E-state index is -4.50. The van der Waals surface area contributed by atoms with Gasteiger partial charge in [0, 0.05) is 20.1 Å². The molecule has 0 bridgehead atoms. The number of halogens is 3. The van der Waals surface area contributed by atoms with Crippen LogP contribution in [0.3, 0.4) is 0 Å². The molecule has 4 amide bonds. The molecule has 0 spiro atoms. The Kier molecular flexibility index (Phi) is 7.72. The number of carbonyl (C=O) groups excluding carboxylic acids is 3. The van der Waals surface area contributed by atoms with Crippen LogP contribution < -0.4 is 5.32 Å². The summed E-state index contributed by atoms with van der Waals surface area (Å²) >= 11 is 0. The second-order valence-corrected chi connectivity index (χ2v) is 9.31. The van der Waals surface area contributed by atoms with Gasteiger partial charge in [-0.25, -0.2) is 14.8 Å². The summed E-state index contributed by atoms with van der Waals surface area (Å²) in [7, 11) is 1.62. The van der Waals surface area contributed by atoms with E-state index in [2.05, 4.69) is 5.32 Å². The van der Waals surface area contributed by atoms with Crippen LogP contribution in [0.5, 0.6) is 0 Å². The van der Waals surface area contributed by atoms with Crippen molar-refractivity contribution in [3.8, 4) is 0 Å². The molecule has 8 nitrogen and oxygen atoms in total. The quantitative estimate of drug-likeness (QED) is 0.637. The summed E-state index contributed by atoms with van der Waals surface area (Å²) < 4.78 is 39.7. The number of fused-ring (bicyclic) bond motifs is 1. The third-order valence-corrected chi connectivity index (χ3v) is 6.62. The lowest BCUT2D eigenvalue weighted by Crippen LogP contribution is -2.75. The summed E-state index contributed by atoms with van der Waals surface area (Å²) in [5.74, 6) is -0.608. The smallest absolute Gasteiger partial charge is 0.333 e. The van der Waals surface area contributed by atoms with Crippen molar-refractivity contribution >= 4 is 17.8 Å². The van der Waals surface area contributed by atoms with E-state index in [1.807, 2.05) is 37.3 Å². The first-order chi connectivity index (χ1) is 17.6. The number of hydrazine groups is 1. The summed E-state index contributed by atoms with van der Waals surface area (Å²) in [4.78, 5) is 42.7. The standard InChI is InChI=1S/C26H30F3N5O3/c1-3-8-21-24(36)32(15-19-11-7-12-20(13-19)26(27,28)29)16-22-33(21)23(35)17-31(2)34(22)25(37)30-14-18-9-5-4-6-10-18/h4-7,9-13,21-22H,3,8,14-17H2,1-2H3,(H,30,37)/t21-,22-/m0/s1. The van der Waals surface area contributed by atoms with Gasteiger partial charge in [-0.1, -0.05) is 55.8 Å². The molecule has 0 aliphatic carbocycles. The highest BCUT2D eigenvalue weighted by atomic mass is 19.4. The van der Waals surface area contributed by atoms with Crippen LogP contribution in [0.1, 0.15) is 36.5 Å². The van der Waals surface area contributed by atoms with Crippen molar-refractivity contribution in [1.29, 1.82) is 0 Å². The summed E-state index contributed by atoms with van der Waals surface area (Å²) in [6, 6.07) is 13.0. The number of rotatable bonds is 6. The Hall–Kier alpha value is -3.60. The van der Waals surface area contributed by atoms with Gasteiger partial charge in [-0.3, -0.25) is 9.59 Å². The van der Waals surface area contributed by atoms with Gasteiger partial charge in [0.25, 0.3) is 0 Å². The van der Waals surface area contributed by atoms with Crippen LogP contribution in [-0.2, 0) is 28.9 Å². The molecular weight excluding hydrogens is 487 g/mol. The Balaban J connectivity index is 1.60. The fraction of sp³-hybridized carbons (Fsp3) is 0.423. The molecular formula is C26H30F3N5O3. The van der Waals surface area contributed by atoms with Crippen molar-refractivity contribution in [1.82, 2.24) is 25.1 Å². The van der Waals surface area contributed by atoms with E-state index in [9.17, 15) is 27.6 Å². The molecule has 2 fully saturated rings. The van der Waals surface area contributed by atoms with Gasteiger partial charge < -0.3 is 15.1 Å². The molecule has 0 radical (unpaired) electrons. The number of carbonyl (C=O) groups is 3. The third kappa shape index (κ3) is 5.71. The van der Waals surface area contributed by atoms with E-state index >= 15 is 0 Å². The van der Waals surface area contributed by atoms with Gasteiger partial charge in [-0.05, 0) is 29.7 Å². The molecule has 2 aromatic rings. The topological polar surface area (TPSA) is 76.2 Å². The largest absolute Gasteiger partial charge is 0.416 e. The number of nitrogens with zero attached hydrogens (tertiary/aromatic N) is 4. The summed E-state index contributed by atoms with van der Waals surface area (Å²) in [6.07, 6.45) is -4.30. The molecule has 37 heavy (non-hydrogen) atoms. The lowest BCUT2D eigenvalue weighted by Gasteiger charge is -2.54. The minimum absolute atomic E-state index is 0.0237. The maximum atomic E-state index is 13.4. The first-order valence-electron chi connectivity index (χ1n) is 12.2. The first-order valence-corrected chi connectivity index (χ1v) is 12.2. The highest BCUT2D eigenvalue weighted by Gasteiger charge is 2.50. The zero-order chi connectivity index (χ0) is 26.7. The molecule has 0 unspecified atom stereocenters. The van der Waals surface area contributed by atoms with Crippen molar-refractivity contribution in [2.24, 2.45) is 0 Å². The number of amides is 4. The minimum Gasteiger partial charge on any atom is -0.333 e. The molecule has 4 rings (SSSR count). The zero-order valence-corrected chi connectivity index (χ0v) is 20.7. The van der Waals surface area contributed by atoms with Crippen molar-refractivity contribution in [3.05, 3.63) is 71.3 Å². The molecule has 2 aliphatic heterocycles. The Bertz CT molecular complexity index is 1140. The molecule has 2 saturated heterocycles. The van der Waals surface area contributed by atoms with Gasteiger partial charge in [-0.2, -0.15) is 13.2 Å². The lowest BCUT2D eigenvalue weighted by atomic mass is 10.0. The van der Waals surface area contributed by atoms with Crippen molar-refractivity contribution < 1.29 is 27.6 Å². The van der Waals surface area contributed by atoms with Gasteiger partial charge in [0.15, 0.2) is 0 Å². The van der Waals surface area contributed by atoms with Gasteiger partial charge in [-0.15, -0.1) is 0 Å². The number of alkyl halides is 3. The predicted molar refractivity (Wildman–Crippen MR) is 129 cm³/mol. The second kappa shape index (κ2) is 10.8.